The Balaban J connectivity index is 0.00000243. The Hall–Kier alpha value is -1.16. The molecule has 1 aromatic rings. The van der Waals surface area contributed by atoms with Crippen molar-refractivity contribution in [2.75, 3.05) is 31.1 Å². The van der Waals surface area contributed by atoms with Gasteiger partial charge >= 0.3 is 0 Å². The van der Waals surface area contributed by atoms with Gasteiger partial charge in [0.2, 0.25) is 0 Å². The maximum atomic E-state index is 13.9. The van der Waals surface area contributed by atoms with E-state index in [0.29, 0.717) is 18.9 Å². The second kappa shape index (κ2) is 10.2. The molecule has 1 aliphatic heterocycles. The summed E-state index contributed by atoms with van der Waals surface area (Å²) in [4.78, 5) is 10.8. The first kappa shape index (κ1) is 21.1. The Kier molecular flexibility index (Phi) is 8.33. The van der Waals surface area contributed by atoms with Crippen molar-refractivity contribution in [1.29, 1.82) is 0 Å². The molecular formula is C18H29FIN5O. The molecule has 1 aromatic heterocycles. The van der Waals surface area contributed by atoms with E-state index in [1.807, 2.05) is 11.8 Å². The lowest BCUT2D eigenvalue weighted by atomic mass is 10.1. The normalized spacial score (nSPS) is 25.9. The van der Waals surface area contributed by atoms with Crippen molar-refractivity contribution in [2.24, 2.45) is 10.9 Å². The number of nitrogens with zero attached hydrogens (tertiary/aromatic N) is 3. The Morgan fingerprint density at radius 1 is 1.42 bits per heavy atom. The van der Waals surface area contributed by atoms with Crippen molar-refractivity contribution in [2.45, 2.75) is 44.8 Å². The molecule has 26 heavy (non-hydrogen) atoms. The van der Waals surface area contributed by atoms with E-state index in [1.165, 1.54) is 6.07 Å². The number of aliphatic hydroxyl groups is 1. The fourth-order valence-corrected chi connectivity index (χ4v) is 3.63. The Morgan fingerprint density at radius 2 is 2.27 bits per heavy atom. The highest BCUT2D eigenvalue weighted by atomic mass is 127. The number of hydrogen-bond donors (Lipinski definition) is 3. The molecule has 0 aromatic carbocycles. The van der Waals surface area contributed by atoms with Crippen LogP contribution in [0.1, 0.15) is 32.6 Å². The molecule has 0 radical (unpaired) electrons. The van der Waals surface area contributed by atoms with Gasteiger partial charge in [-0.2, -0.15) is 0 Å². The number of rotatable bonds is 5. The average molecular weight is 477 g/mol. The quantitative estimate of drug-likeness (QED) is 0.345. The summed E-state index contributed by atoms with van der Waals surface area (Å²) in [6.07, 6.45) is 5.32. The van der Waals surface area contributed by atoms with Crippen LogP contribution in [0, 0.1) is 11.7 Å². The SMILES string of the molecule is CCNC(=NCC1CCCC1O)NC1CCN(c2ncccc2F)C1.I. The second-order valence-electron chi connectivity index (χ2n) is 6.86. The molecule has 3 rings (SSSR count). The van der Waals surface area contributed by atoms with Crippen molar-refractivity contribution in [1.82, 2.24) is 15.6 Å². The van der Waals surface area contributed by atoms with Gasteiger partial charge in [-0.15, -0.1) is 24.0 Å². The van der Waals surface area contributed by atoms with E-state index in [-0.39, 0.29) is 47.9 Å². The van der Waals surface area contributed by atoms with Gasteiger partial charge in [-0.1, -0.05) is 6.42 Å². The molecule has 3 unspecified atom stereocenters. The number of guanidine groups is 1. The third-order valence-corrected chi connectivity index (χ3v) is 5.01. The lowest BCUT2D eigenvalue weighted by molar-refractivity contribution is 0.136. The van der Waals surface area contributed by atoms with Crippen LogP contribution in [0.3, 0.4) is 0 Å². The van der Waals surface area contributed by atoms with Crippen LogP contribution >= 0.6 is 24.0 Å². The van der Waals surface area contributed by atoms with Crippen LogP contribution < -0.4 is 15.5 Å². The third-order valence-electron chi connectivity index (χ3n) is 5.01. The van der Waals surface area contributed by atoms with Gasteiger partial charge in [0.05, 0.1) is 6.10 Å². The zero-order valence-corrected chi connectivity index (χ0v) is 17.5. The summed E-state index contributed by atoms with van der Waals surface area (Å²) >= 11 is 0. The van der Waals surface area contributed by atoms with Crippen LogP contribution in [-0.4, -0.2) is 54.4 Å². The fraction of sp³-hybridized carbons (Fsp3) is 0.667. The number of hydrogen-bond acceptors (Lipinski definition) is 4. The molecule has 2 heterocycles. The molecule has 6 nitrogen and oxygen atoms in total. The summed E-state index contributed by atoms with van der Waals surface area (Å²) in [6.45, 7) is 4.93. The van der Waals surface area contributed by atoms with Crippen molar-refractivity contribution in [3.8, 4) is 0 Å². The molecule has 1 aliphatic carbocycles. The number of pyridine rings is 1. The highest BCUT2D eigenvalue weighted by molar-refractivity contribution is 14.0. The summed E-state index contributed by atoms with van der Waals surface area (Å²) in [5, 5.41) is 16.6. The van der Waals surface area contributed by atoms with Crippen LogP contribution in [0.25, 0.3) is 0 Å². The molecule has 2 fully saturated rings. The van der Waals surface area contributed by atoms with Crippen molar-refractivity contribution in [3.05, 3.63) is 24.1 Å². The van der Waals surface area contributed by atoms with Gasteiger partial charge in [-0.05, 0) is 38.3 Å². The summed E-state index contributed by atoms with van der Waals surface area (Å²) in [7, 11) is 0. The summed E-state index contributed by atoms with van der Waals surface area (Å²) in [6, 6.07) is 3.26. The predicted octanol–water partition coefficient (Wildman–Crippen LogP) is 2.13. The molecule has 1 saturated heterocycles. The largest absolute Gasteiger partial charge is 0.393 e. The molecule has 0 amide bonds. The summed E-state index contributed by atoms with van der Waals surface area (Å²) in [5.74, 6) is 1.18. The molecule has 0 spiro atoms. The van der Waals surface area contributed by atoms with E-state index in [4.69, 9.17) is 0 Å². The number of aliphatic hydroxyl groups excluding tert-OH is 1. The van der Waals surface area contributed by atoms with Crippen LogP contribution in [0.15, 0.2) is 23.3 Å². The van der Waals surface area contributed by atoms with Crippen LogP contribution in [0.5, 0.6) is 0 Å². The number of halogens is 2. The molecule has 8 heteroatoms. The zero-order valence-electron chi connectivity index (χ0n) is 15.2. The van der Waals surface area contributed by atoms with Gasteiger partial charge in [-0.3, -0.25) is 4.99 Å². The van der Waals surface area contributed by atoms with E-state index < -0.39 is 0 Å². The van der Waals surface area contributed by atoms with Crippen molar-refractivity contribution in [3.63, 3.8) is 0 Å². The number of nitrogens with one attached hydrogen (secondary N) is 2. The maximum absolute atomic E-state index is 13.9. The topological polar surface area (TPSA) is 72.8 Å². The van der Waals surface area contributed by atoms with E-state index in [0.717, 1.165) is 44.7 Å². The third kappa shape index (κ3) is 5.42. The van der Waals surface area contributed by atoms with Crippen LogP contribution in [0.4, 0.5) is 10.2 Å². The molecular weight excluding hydrogens is 448 g/mol. The van der Waals surface area contributed by atoms with Gasteiger partial charge in [0.15, 0.2) is 17.6 Å². The van der Waals surface area contributed by atoms with Crippen molar-refractivity contribution < 1.29 is 9.50 Å². The minimum Gasteiger partial charge on any atom is -0.393 e. The van der Waals surface area contributed by atoms with E-state index >= 15 is 0 Å². The number of aromatic nitrogens is 1. The van der Waals surface area contributed by atoms with Gasteiger partial charge in [-0.25, -0.2) is 9.37 Å². The van der Waals surface area contributed by atoms with Crippen LogP contribution in [0.2, 0.25) is 0 Å². The number of anilines is 1. The Bertz CT molecular complexity index is 603. The first-order chi connectivity index (χ1) is 12.2. The summed E-state index contributed by atoms with van der Waals surface area (Å²) in [5.41, 5.74) is 0. The second-order valence-corrected chi connectivity index (χ2v) is 6.86. The zero-order chi connectivity index (χ0) is 17.6. The van der Waals surface area contributed by atoms with E-state index in [2.05, 4.69) is 20.6 Å². The predicted molar refractivity (Wildman–Crippen MR) is 113 cm³/mol. The first-order valence-corrected chi connectivity index (χ1v) is 9.25. The standard InChI is InChI=1S/C18H28FN5O.HI/c1-2-20-18(22-11-13-5-3-7-16(13)25)23-14-8-10-24(12-14)17-15(19)6-4-9-21-17;/h4,6,9,13-14,16,25H,2-3,5,7-8,10-12H2,1H3,(H2,20,22,23);1H. The highest BCUT2D eigenvalue weighted by Gasteiger charge is 2.27. The van der Waals surface area contributed by atoms with Gasteiger partial charge in [0, 0.05) is 44.3 Å². The minimum absolute atomic E-state index is 0. The highest BCUT2D eigenvalue weighted by Crippen LogP contribution is 2.25. The first-order valence-electron chi connectivity index (χ1n) is 9.25. The molecule has 3 N–H and O–H groups in total. The smallest absolute Gasteiger partial charge is 0.191 e. The molecule has 146 valence electrons. The van der Waals surface area contributed by atoms with Gasteiger partial charge in [0.25, 0.3) is 0 Å². The molecule has 2 aliphatic rings. The number of aliphatic imine (C=N–C) groups is 1. The Labute approximate surface area is 171 Å². The molecule has 3 atom stereocenters. The van der Waals surface area contributed by atoms with Gasteiger partial charge < -0.3 is 20.6 Å². The monoisotopic (exact) mass is 477 g/mol. The van der Waals surface area contributed by atoms with Gasteiger partial charge in [0.1, 0.15) is 0 Å². The molecule has 0 bridgehead atoms. The lowest BCUT2D eigenvalue weighted by Crippen LogP contribution is -2.45. The average Bonchev–Trinajstić information content (AvgIpc) is 3.22. The molecule has 1 saturated carbocycles. The van der Waals surface area contributed by atoms with Crippen LogP contribution in [-0.2, 0) is 0 Å². The summed E-state index contributed by atoms with van der Waals surface area (Å²) < 4.78 is 13.9. The van der Waals surface area contributed by atoms with E-state index in [9.17, 15) is 9.50 Å². The van der Waals surface area contributed by atoms with Crippen molar-refractivity contribution >= 4 is 35.8 Å². The lowest BCUT2D eigenvalue weighted by Gasteiger charge is -2.20. The maximum Gasteiger partial charge on any atom is 0.191 e. The van der Waals surface area contributed by atoms with E-state index in [1.54, 1.807) is 12.3 Å². The Morgan fingerprint density at radius 3 is 2.96 bits per heavy atom. The fourth-order valence-electron chi connectivity index (χ4n) is 3.63. The minimum atomic E-state index is -0.279.